The van der Waals surface area contributed by atoms with Crippen LogP contribution in [0.5, 0.6) is 0 Å². The largest absolute Gasteiger partial charge is 0.459 e. The van der Waals surface area contributed by atoms with Crippen LogP contribution in [0.3, 0.4) is 0 Å². The maximum atomic E-state index is 5.50. The van der Waals surface area contributed by atoms with E-state index < -0.39 is 0 Å². The van der Waals surface area contributed by atoms with Crippen molar-refractivity contribution in [3.8, 4) is 12.3 Å². The zero-order chi connectivity index (χ0) is 10.2. The summed E-state index contributed by atoms with van der Waals surface area (Å²) < 4.78 is 5.03. The number of nitrogens with zero attached hydrogens (tertiary/aromatic N) is 1. The van der Waals surface area contributed by atoms with Crippen LogP contribution in [-0.2, 0) is 0 Å². The van der Waals surface area contributed by atoms with E-state index in [1.54, 1.807) is 24.6 Å². The highest BCUT2D eigenvalue weighted by atomic mass is 32.2. The van der Waals surface area contributed by atoms with Gasteiger partial charge in [-0.1, -0.05) is 22.8 Å². The second-order valence-electron chi connectivity index (χ2n) is 2.23. The molecule has 0 aromatic carbocycles. The van der Waals surface area contributed by atoms with E-state index in [-0.39, 0.29) is 0 Å². The van der Waals surface area contributed by atoms with Crippen molar-refractivity contribution in [2.24, 2.45) is 10.8 Å². The molecular formula is C9H10N3OS+. The number of rotatable bonds is 3. The zero-order valence-electron chi connectivity index (χ0n) is 7.43. The maximum absolute atomic E-state index is 5.50. The Balaban J connectivity index is 2.42. The van der Waals surface area contributed by atoms with Gasteiger partial charge in [0.2, 0.25) is 11.4 Å². The van der Waals surface area contributed by atoms with Crippen LogP contribution in [0.1, 0.15) is 5.76 Å². The van der Waals surface area contributed by atoms with Gasteiger partial charge in [0.25, 0.3) is 0 Å². The van der Waals surface area contributed by atoms with Gasteiger partial charge in [-0.05, 0) is 12.1 Å². The van der Waals surface area contributed by atoms with Crippen molar-refractivity contribution in [1.29, 1.82) is 0 Å². The molecule has 1 rings (SSSR count). The third-order valence-corrected chi connectivity index (χ3v) is 1.93. The Morgan fingerprint density at radius 3 is 3.36 bits per heavy atom. The first-order valence-corrected chi connectivity index (χ1v) is 4.83. The third-order valence-electron chi connectivity index (χ3n) is 1.23. The van der Waals surface area contributed by atoms with Gasteiger partial charge < -0.3 is 10.2 Å². The molecule has 0 saturated carbocycles. The van der Waals surface area contributed by atoms with Gasteiger partial charge in [0.1, 0.15) is 0 Å². The molecule has 0 bridgehead atoms. The Kier molecular flexibility index (Phi) is 4.38. The summed E-state index contributed by atoms with van der Waals surface area (Å²) in [6, 6.07) is 3.58. The predicted octanol–water partition coefficient (Wildman–Crippen LogP) is -0.625. The molecule has 0 aliphatic heterocycles. The molecule has 0 atom stereocenters. The van der Waals surface area contributed by atoms with Gasteiger partial charge in [-0.2, -0.15) is 0 Å². The van der Waals surface area contributed by atoms with Gasteiger partial charge in [0.05, 0.1) is 12.0 Å². The molecule has 0 spiro atoms. The average Bonchev–Trinajstić information content (AvgIpc) is 2.67. The van der Waals surface area contributed by atoms with Gasteiger partial charge in [0.15, 0.2) is 5.76 Å². The van der Waals surface area contributed by atoms with Gasteiger partial charge in [-0.15, -0.1) is 6.42 Å². The number of nitrogens with two attached hydrogens (primary N) is 1. The quantitative estimate of drug-likeness (QED) is 0.301. The van der Waals surface area contributed by atoms with Crippen LogP contribution < -0.4 is 10.8 Å². The highest BCUT2D eigenvalue weighted by Gasteiger charge is 1.94. The molecule has 0 aliphatic rings. The number of hydrogen-bond donors (Lipinski definition) is 2. The lowest BCUT2D eigenvalue weighted by Gasteiger charge is -1.86. The minimum atomic E-state index is 0.394. The second kappa shape index (κ2) is 5.89. The van der Waals surface area contributed by atoms with E-state index >= 15 is 0 Å². The van der Waals surface area contributed by atoms with Crippen molar-refractivity contribution in [2.45, 2.75) is 0 Å². The van der Waals surface area contributed by atoms with Gasteiger partial charge in [0, 0.05) is 5.10 Å². The summed E-state index contributed by atoms with van der Waals surface area (Å²) in [4.78, 5) is 0. The molecular weight excluding hydrogens is 198 g/mol. The normalized spacial score (nSPS) is 11.8. The molecule has 0 unspecified atom stereocenters. The minimum absolute atomic E-state index is 0.394. The maximum Gasteiger partial charge on any atom is 0.236 e. The molecule has 0 radical (unpaired) electrons. The molecule has 0 saturated heterocycles. The van der Waals surface area contributed by atoms with E-state index in [1.807, 2.05) is 0 Å². The van der Waals surface area contributed by atoms with Crippen molar-refractivity contribution in [3.63, 3.8) is 0 Å². The smallest absolute Gasteiger partial charge is 0.236 e. The topological polar surface area (TPSA) is 65.5 Å². The summed E-state index contributed by atoms with van der Waals surface area (Å²) in [6.45, 7) is 0. The molecule has 1 aromatic rings. The summed E-state index contributed by atoms with van der Waals surface area (Å²) in [5.74, 6) is 3.64. The van der Waals surface area contributed by atoms with Crippen LogP contribution >= 0.6 is 11.8 Å². The number of hydrazone groups is 1. The lowest BCUT2D eigenvalue weighted by atomic mass is 10.5. The molecule has 1 aromatic heterocycles. The first kappa shape index (κ1) is 10.4. The molecule has 0 fully saturated rings. The molecule has 5 heteroatoms. The van der Waals surface area contributed by atoms with E-state index in [4.69, 9.17) is 16.6 Å². The third kappa shape index (κ3) is 3.83. The lowest BCUT2D eigenvalue weighted by molar-refractivity contribution is -0.456. The monoisotopic (exact) mass is 208 g/mol. The molecule has 0 aliphatic carbocycles. The van der Waals surface area contributed by atoms with Crippen molar-refractivity contribution in [3.05, 3.63) is 24.2 Å². The summed E-state index contributed by atoms with van der Waals surface area (Å²) in [5, 5.41) is 6.88. The van der Waals surface area contributed by atoms with Crippen LogP contribution in [-0.4, -0.2) is 17.1 Å². The summed E-state index contributed by atoms with van der Waals surface area (Å²) in [6.07, 6.45) is 8.24. The van der Waals surface area contributed by atoms with Crippen LogP contribution in [0, 0.1) is 12.3 Å². The molecule has 4 nitrogen and oxygen atoms in total. The Morgan fingerprint density at radius 2 is 2.71 bits per heavy atom. The Hall–Kier alpha value is -1.67. The van der Waals surface area contributed by atoms with Crippen molar-refractivity contribution < 1.29 is 9.52 Å². The molecule has 1 heterocycles. The van der Waals surface area contributed by atoms with Crippen LogP contribution in [0.2, 0.25) is 0 Å². The fourth-order valence-corrected chi connectivity index (χ4v) is 1.03. The highest BCUT2D eigenvalue weighted by molar-refractivity contribution is 8.13. The molecule has 0 amide bonds. The van der Waals surface area contributed by atoms with Gasteiger partial charge >= 0.3 is 0 Å². The number of thioether (sulfide) groups is 1. The number of amidine groups is 1. The zero-order valence-corrected chi connectivity index (χ0v) is 8.25. The van der Waals surface area contributed by atoms with Gasteiger partial charge in [-0.25, -0.2) is 0 Å². The summed E-state index contributed by atoms with van der Waals surface area (Å²) >= 11 is 1.29. The van der Waals surface area contributed by atoms with E-state index in [1.165, 1.54) is 11.8 Å². The number of nitrogens with one attached hydrogen (secondary N) is 1. The fraction of sp³-hybridized carbons (Fsp3) is 0.111. The molecule has 14 heavy (non-hydrogen) atoms. The fourth-order valence-electron chi connectivity index (χ4n) is 0.681. The van der Waals surface area contributed by atoms with E-state index in [0.717, 1.165) is 0 Å². The Labute approximate surface area is 86.3 Å². The number of furan rings is 1. The summed E-state index contributed by atoms with van der Waals surface area (Å²) in [5.41, 5.74) is 5.50. The van der Waals surface area contributed by atoms with Crippen molar-refractivity contribution in [1.82, 2.24) is 0 Å². The van der Waals surface area contributed by atoms with Crippen LogP contribution in [0.25, 0.3) is 0 Å². The number of terminal acetylenes is 1. The predicted molar refractivity (Wildman–Crippen MR) is 57.8 cm³/mol. The standard InChI is InChI=1S/C9H9N3OS/c1-2-6-14-9(10)12-11-7-8-4-3-5-13-8/h1,3-5,7H,6H2,(H2,10,12)/p+1. The lowest BCUT2D eigenvalue weighted by Crippen LogP contribution is -2.62. The van der Waals surface area contributed by atoms with Gasteiger partial charge in [-0.3, -0.25) is 0 Å². The number of hydrogen-bond acceptors (Lipinski definition) is 3. The first-order chi connectivity index (χ1) is 6.83. The Morgan fingerprint density at radius 1 is 1.86 bits per heavy atom. The second-order valence-corrected chi connectivity index (χ2v) is 3.23. The van der Waals surface area contributed by atoms with E-state index in [2.05, 4.69) is 16.1 Å². The average molecular weight is 208 g/mol. The molecule has 72 valence electrons. The SMILES string of the molecule is C#CCSC(N)=N[NH+]=Cc1ccco1. The van der Waals surface area contributed by atoms with Crippen molar-refractivity contribution >= 4 is 23.1 Å². The first-order valence-electron chi connectivity index (χ1n) is 3.84. The van der Waals surface area contributed by atoms with Crippen LogP contribution in [0.15, 0.2) is 27.9 Å². The Bertz CT molecular complexity index is 362. The van der Waals surface area contributed by atoms with E-state index in [9.17, 15) is 0 Å². The van der Waals surface area contributed by atoms with Crippen molar-refractivity contribution in [2.75, 3.05) is 5.75 Å². The van der Waals surface area contributed by atoms with E-state index in [0.29, 0.717) is 16.7 Å². The summed E-state index contributed by atoms with van der Waals surface area (Å²) in [7, 11) is 0. The highest BCUT2D eigenvalue weighted by Crippen LogP contribution is 1.95. The molecule has 3 N–H and O–H groups in total. The minimum Gasteiger partial charge on any atom is -0.459 e. The van der Waals surface area contributed by atoms with Crippen LogP contribution in [0.4, 0.5) is 0 Å².